The van der Waals surface area contributed by atoms with Crippen molar-refractivity contribution in [1.29, 1.82) is 0 Å². The average Bonchev–Trinajstić information content (AvgIpc) is 2.44. The van der Waals surface area contributed by atoms with Gasteiger partial charge in [0, 0.05) is 10.5 Å². The molecule has 2 atom stereocenters. The van der Waals surface area contributed by atoms with Gasteiger partial charge >= 0.3 is 6.09 Å². The molecule has 23 heavy (non-hydrogen) atoms. The minimum atomic E-state index is -0.443. The lowest BCUT2D eigenvalue weighted by molar-refractivity contribution is 0.0000865. The van der Waals surface area contributed by atoms with E-state index in [-0.39, 0.29) is 18.2 Å². The molecular weight excluding hydrogens is 354 g/mol. The third-order valence-corrected chi connectivity index (χ3v) is 4.99. The lowest BCUT2D eigenvalue weighted by Gasteiger charge is -2.45. The molecule has 124 valence electrons. The summed E-state index contributed by atoms with van der Waals surface area (Å²) < 4.78 is 6.71. The molecule has 1 aromatic rings. The number of hydrogen-bond donors (Lipinski definition) is 0. The van der Waals surface area contributed by atoms with Crippen LogP contribution in [0.15, 0.2) is 34.8 Å². The van der Waals surface area contributed by atoms with Gasteiger partial charge in [-0.15, -0.1) is 0 Å². The second-order valence-corrected chi connectivity index (χ2v) is 8.36. The van der Waals surface area contributed by atoms with E-state index < -0.39 is 5.60 Å². The summed E-state index contributed by atoms with van der Waals surface area (Å²) in [7, 11) is 0. The van der Waals surface area contributed by atoms with Crippen molar-refractivity contribution < 1.29 is 9.53 Å². The Morgan fingerprint density at radius 1 is 1.22 bits per heavy atom. The van der Waals surface area contributed by atoms with Crippen molar-refractivity contribution in [3.63, 3.8) is 0 Å². The molecule has 2 aliphatic heterocycles. The molecule has 2 heterocycles. The number of ether oxygens (including phenoxy) is 1. The highest BCUT2D eigenvalue weighted by Gasteiger charge is 2.39. The zero-order chi connectivity index (χ0) is 16.6. The first-order valence-corrected chi connectivity index (χ1v) is 9.11. The van der Waals surface area contributed by atoms with Crippen molar-refractivity contribution >= 4 is 27.6 Å². The van der Waals surface area contributed by atoms with E-state index in [2.05, 4.69) is 46.3 Å². The van der Waals surface area contributed by atoms with E-state index in [0.717, 1.165) is 23.7 Å². The van der Waals surface area contributed by atoms with Gasteiger partial charge in [0.2, 0.25) is 0 Å². The summed E-state index contributed by atoms with van der Waals surface area (Å²) >= 11 is 3.49. The molecule has 4 heteroatoms. The van der Waals surface area contributed by atoms with Crippen LogP contribution in [0.25, 0.3) is 5.57 Å². The number of nitrogens with zero attached hydrogens (tertiary/aromatic N) is 1. The van der Waals surface area contributed by atoms with Crippen molar-refractivity contribution in [1.82, 2.24) is 4.90 Å². The predicted octanol–water partition coefficient (Wildman–Crippen LogP) is 5.39. The number of amides is 1. The molecule has 0 aliphatic carbocycles. The van der Waals surface area contributed by atoms with Crippen LogP contribution in [0, 0.1) is 0 Å². The van der Waals surface area contributed by atoms with Crippen LogP contribution in [0.1, 0.15) is 52.0 Å². The number of piperidine rings is 1. The van der Waals surface area contributed by atoms with Crippen molar-refractivity contribution in [2.75, 3.05) is 0 Å². The highest BCUT2D eigenvalue weighted by atomic mass is 79.9. The molecule has 0 radical (unpaired) electrons. The molecule has 0 N–H and O–H groups in total. The highest BCUT2D eigenvalue weighted by Crippen LogP contribution is 2.38. The van der Waals surface area contributed by atoms with Crippen molar-refractivity contribution in [2.24, 2.45) is 0 Å². The summed E-state index contributed by atoms with van der Waals surface area (Å²) in [5, 5.41) is 0. The van der Waals surface area contributed by atoms with E-state index in [1.165, 1.54) is 17.6 Å². The molecule has 1 saturated heterocycles. The van der Waals surface area contributed by atoms with Crippen LogP contribution in [0.2, 0.25) is 0 Å². The molecule has 0 aromatic heterocycles. The summed E-state index contributed by atoms with van der Waals surface area (Å²) in [6, 6.07) is 8.87. The van der Waals surface area contributed by atoms with Crippen LogP contribution in [0.5, 0.6) is 0 Å². The van der Waals surface area contributed by atoms with Gasteiger partial charge in [0.1, 0.15) is 5.60 Å². The number of carbonyl (C=O) groups excluding carboxylic acids is 1. The SMILES string of the molecule is CC(C)(C)OC(=O)N1C2C=C(c3ccc(Br)cc3)CC1CCC2. The Bertz CT molecular complexity index is 615. The Morgan fingerprint density at radius 3 is 2.52 bits per heavy atom. The van der Waals surface area contributed by atoms with Crippen LogP contribution in [0.4, 0.5) is 4.79 Å². The van der Waals surface area contributed by atoms with Gasteiger partial charge in [-0.25, -0.2) is 4.79 Å². The molecule has 1 amide bonds. The van der Waals surface area contributed by atoms with Crippen molar-refractivity contribution in [2.45, 2.75) is 64.1 Å². The molecule has 3 nitrogen and oxygen atoms in total. The lowest BCUT2D eigenvalue weighted by atomic mass is 9.83. The molecule has 0 saturated carbocycles. The normalized spacial score (nSPS) is 24.2. The van der Waals surface area contributed by atoms with Gasteiger partial charge in [-0.2, -0.15) is 0 Å². The lowest BCUT2D eigenvalue weighted by Crippen LogP contribution is -2.53. The first-order valence-electron chi connectivity index (χ1n) is 8.31. The smallest absolute Gasteiger partial charge is 0.411 e. The fourth-order valence-corrected chi connectivity index (χ4v) is 3.77. The quantitative estimate of drug-likeness (QED) is 0.655. The molecule has 1 aromatic carbocycles. The average molecular weight is 378 g/mol. The maximum Gasteiger partial charge on any atom is 0.411 e. The van der Waals surface area contributed by atoms with Gasteiger partial charge in [-0.05, 0) is 69.7 Å². The third-order valence-electron chi connectivity index (χ3n) is 4.46. The van der Waals surface area contributed by atoms with E-state index in [4.69, 9.17) is 4.74 Å². The zero-order valence-corrected chi connectivity index (χ0v) is 15.6. The number of hydrogen-bond acceptors (Lipinski definition) is 2. The number of fused-ring (bicyclic) bond motifs is 2. The molecule has 2 unspecified atom stereocenters. The Kier molecular flexibility index (Phi) is 4.54. The molecule has 2 aliphatic rings. The van der Waals surface area contributed by atoms with Gasteiger partial charge in [0.25, 0.3) is 0 Å². The molecule has 0 spiro atoms. The summed E-state index contributed by atoms with van der Waals surface area (Å²) in [6.07, 6.45) is 6.27. The number of carbonyl (C=O) groups is 1. The Hall–Kier alpha value is -1.29. The minimum Gasteiger partial charge on any atom is -0.444 e. The summed E-state index contributed by atoms with van der Waals surface area (Å²) in [5.74, 6) is 0. The topological polar surface area (TPSA) is 29.5 Å². The molecule has 3 rings (SSSR count). The van der Waals surface area contributed by atoms with Crippen LogP contribution in [-0.2, 0) is 4.74 Å². The molecular formula is C19H24BrNO2. The van der Waals surface area contributed by atoms with Crippen LogP contribution in [-0.4, -0.2) is 28.7 Å². The largest absolute Gasteiger partial charge is 0.444 e. The molecule has 1 fully saturated rings. The van der Waals surface area contributed by atoms with Gasteiger partial charge in [0.15, 0.2) is 0 Å². The van der Waals surface area contributed by atoms with E-state index in [0.29, 0.717) is 0 Å². The zero-order valence-electron chi connectivity index (χ0n) is 14.0. The number of halogens is 1. The monoisotopic (exact) mass is 377 g/mol. The van der Waals surface area contributed by atoms with Crippen LogP contribution >= 0.6 is 15.9 Å². The van der Waals surface area contributed by atoms with E-state index in [1.54, 1.807) is 0 Å². The maximum atomic E-state index is 12.6. The fourth-order valence-electron chi connectivity index (χ4n) is 3.51. The number of benzene rings is 1. The first kappa shape index (κ1) is 16.6. The Balaban J connectivity index is 1.84. The van der Waals surface area contributed by atoms with Crippen LogP contribution < -0.4 is 0 Å². The third kappa shape index (κ3) is 3.79. The second-order valence-electron chi connectivity index (χ2n) is 7.44. The summed E-state index contributed by atoms with van der Waals surface area (Å²) in [4.78, 5) is 14.6. The maximum absolute atomic E-state index is 12.6. The summed E-state index contributed by atoms with van der Waals surface area (Å²) in [6.45, 7) is 5.77. The van der Waals surface area contributed by atoms with Crippen molar-refractivity contribution in [3.8, 4) is 0 Å². The van der Waals surface area contributed by atoms with Crippen LogP contribution in [0.3, 0.4) is 0 Å². The second kappa shape index (κ2) is 6.31. The summed E-state index contributed by atoms with van der Waals surface area (Å²) in [5.41, 5.74) is 2.17. The van der Waals surface area contributed by atoms with Gasteiger partial charge in [-0.3, -0.25) is 4.90 Å². The van der Waals surface area contributed by atoms with E-state index >= 15 is 0 Å². The predicted molar refractivity (Wildman–Crippen MR) is 96.2 cm³/mol. The first-order chi connectivity index (χ1) is 10.8. The molecule has 2 bridgehead atoms. The fraction of sp³-hybridized carbons (Fsp3) is 0.526. The van der Waals surface area contributed by atoms with Gasteiger partial charge < -0.3 is 4.74 Å². The number of rotatable bonds is 1. The highest BCUT2D eigenvalue weighted by molar-refractivity contribution is 9.10. The Labute approximate surface area is 146 Å². The van der Waals surface area contributed by atoms with Gasteiger partial charge in [0.05, 0.1) is 6.04 Å². The van der Waals surface area contributed by atoms with Gasteiger partial charge in [-0.1, -0.05) is 34.1 Å². The van der Waals surface area contributed by atoms with Crippen molar-refractivity contribution in [3.05, 3.63) is 40.4 Å². The Morgan fingerprint density at radius 2 is 1.91 bits per heavy atom. The minimum absolute atomic E-state index is 0.163. The standard InChI is InChI=1S/C19H24BrNO2/c1-19(2,3)23-18(22)21-16-5-4-6-17(21)12-14(11-16)13-7-9-15(20)10-8-13/h7-11,16-17H,4-6,12H2,1-3H3. The van der Waals surface area contributed by atoms with E-state index in [9.17, 15) is 4.79 Å². The van der Waals surface area contributed by atoms with E-state index in [1.807, 2.05) is 25.7 Å².